The Morgan fingerprint density at radius 2 is 1.61 bits per heavy atom. The van der Waals surface area contributed by atoms with Crippen LogP contribution in [0.3, 0.4) is 0 Å². The third-order valence-electron chi connectivity index (χ3n) is 6.29. The summed E-state index contributed by atoms with van der Waals surface area (Å²) >= 11 is 0. The summed E-state index contributed by atoms with van der Waals surface area (Å²) in [5.41, 5.74) is 0.846. The summed E-state index contributed by atoms with van der Waals surface area (Å²) in [5.74, 6) is -7.61. The highest BCUT2D eigenvalue weighted by molar-refractivity contribution is 5.96. The highest BCUT2D eigenvalue weighted by Crippen LogP contribution is 2.37. The Kier molecular flexibility index (Phi) is 5.95. The first-order chi connectivity index (χ1) is 17.3. The molecule has 3 aromatic carbocycles. The number of nitrogens with zero attached hydrogens (tertiary/aromatic N) is 3. The van der Waals surface area contributed by atoms with Crippen molar-refractivity contribution in [2.24, 2.45) is 0 Å². The normalized spacial score (nSPS) is 17.4. The number of amides is 2. The van der Waals surface area contributed by atoms with Gasteiger partial charge < -0.3 is 14.8 Å². The Morgan fingerprint density at radius 1 is 0.972 bits per heavy atom. The van der Waals surface area contributed by atoms with Crippen molar-refractivity contribution in [3.8, 4) is 0 Å². The maximum absolute atomic E-state index is 14.1. The molecule has 1 aliphatic rings. The van der Waals surface area contributed by atoms with Crippen LogP contribution in [0.4, 0.5) is 23.2 Å². The lowest BCUT2D eigenvalue weighted by Gasteiger charge is -2.38. The second kappa shape index (κ2) is 9.10. The van der Waals surface area contributed by atoms with Gasteiger partial charge in [0.15, 0.2) is 23.3 Å². The van der Waals surface area contributed by atoms with Crippen molar-refractivity contribution < 1.29 is 27.2 Å². The fourth-order valence-electron chi connectivity index (χ4n) is 4.54. The molecule has 1 N–H and O–H groups in total. The van der Waals surface area contributed by atoms with E-state index in [0.29, 0.717) is 16.9 Å². The monoisotopic (exact) mass is 496 g/mol. The first kappa shape index (κ1) is 23.5. The van der Waals surface area contributed by atoms with Crippen LogP contribution >= 0.6 is 0 Å². The molecule has 4 aromatic rings. The molecule has 6 nitrogen and oxygen atoms in total. The lowest BCUT2D eigenvalue weighted by Crippen LogP contribution is -2.45. The number of anilines is 1. The highest BCUT2D eigenvalue weighted by Gasteiger charge is 2.40. The van der Waals surface area contributed by atoms with Gasteiger partial charge in [0.1, 0.15) is 17.6 Å². The highest BCUT2D eigenvalue weighted by atomic mass is 19.2. The number of benzene rings is 3. The molecule has 0 aliphatic carbocycles. The maximum atomic E-state index is 14.1. The summed E-state index contributed by atoms with van der Waals surface area (Å²) in [6, 6.07) is 14.9. The van der Waals surface area contributed by atoms with Gasteiger partial charge in [0.25, 0.3) is 0 Å². The Balaban J connectivity index is 1.53. The molecule has 0 fully saturated rings. The van der Waals surface area contributed by atoms with E-state index < -0.39 is 59.3 Å². The van der Waals surface area contributed by atoms with Gasteiger partial charge in [-0.1, -0.05) is 42.5 Å². The number of fused-ring (bicyclic) bond motifs is 3. The minimum Gasteiger partial charge on any atom is -0.327 e. The van der Waals surface area contributed by atoms with Crippen LogP contribution in [0.2, 0.25) is 0 Å². The summed E-state index contributed by atoms with van der Waals surface area (Å²) < 4.78 is 57.1. The summed E-state index contributed by atoms with van der Waals surface area (Å²) in [6.45, 7) is 2.08. The number of hydrogen-bond donors (Lipinski definition) is 1. The molecule has 1 aliphatic heterocycles. The van der Waals surface area contributed by atoms with Gasteiger partial charge in [-0.05, 0) is 24.6 Å². The molecule has 2 atom stereocenters. The molecule has 2 heterocycles. The minimum atomic E-state index is -1.73. The van der Waals surface area contributed by atoms with Crippen LogP contribution in [0.5, 0.6) is 0 Å². The van der Waals surface area contributed by atoms with Crippen molar-refractivity contribution in [1.29, 1.82) is 0 Å². The second-order valence-electron chi connectivity index (χ2n) is 8.57. The summed E-state index contributed by atoms with van der Waals surface area (Å²) in [6.07, 6.45) is -0.540. The number of aromatic nitrogens is 2. The molecule has 1 aromatic heterocycles. The van der Waals surface area contributed by atoms with E-state index in [1.165, 1.54) is 0 Å². The van der Waals surface area contributed by atoms with Gasteiger partial charge in [-0.25, -0.2) is 22.5 Å². The zero-order valence-corrected chi connectivity index (χ0v) is 19.0. The predicted octanol–water partition coefficient (Wildman–Crippen LogP) is 5.27. The van der Waals surface area contributed by atoms with E-state index in [0.717, 1.165) is 5.56 Å². The second-order valence-corrected chi connectivity index (χ2v) is 8.57. The predicted molar refractivity (Wildman–Crippen MR) is 124 cm³/mol. The van der Waals surface area contributed by atoms with Crippen LogP contribution in [-0.2, 0) is 16.1 Å². The standard InChI is InChI=1S/C26H20F4N4O2/c1-14-25-31-18-9-5-6-10-19(18)34(25)20(26(36)33(14)13-15-7-3-2-4-8-15)12-21(35)32-24-22(29)16(27)11-17(28)23(24)30/h2-11,14,20H,12-13H2,1H3,(H,32,35)/t14-,20-/m0/s1. The van der Waals surface area contributed by atoms with Crippen molar-refractivity contribution in [2.45, 2.75) is 32.0 Å². The van der Waals surface area contributed by atoms with Crippen LogP contribution < -0.4 is 5.32 Å². The quantitative estimate of drug-likeness (QED) is 0.303. The molecule has 36 heavy (non-hydrogen) atoms. The van der Waals surface area contributed by atoms with Crippen LogP contribution in [0.25, 0.3) is 11.0 Å². The van der Waals surface area contributed by atoms with Gasteiger partial charge in [0, 0.05) is 12.6 Å². The third-order valence-corrected chi connectivity index (χ3v) is 6.29. The Hall–Kier alpha value is -4.21. The SMILES string of the molecule is C[C@H]1c2nc3ccccc3n2[C@@H](CC(=O)Nc2c(F)c(F)cc(F)c2F)C(=O)N1Cc1ccccc1. The van der Waals surface area contributed by atoms with Gasteiger partial charge >= 0.3 is 0 Å². The topological polar surface area (TPSA) is 67.2 Å². The van der Waals surface area contributed by atoms with Crippen LogP contribution in [-0.4, -0.2) is 26.3 Å². The number of nitrogens with one attached hydrogen (secondary N) is 1. The number of rotatable bonds is 5. The molecular formula is C26H20F4N4O2. The third kappa shape index (κ3) is 3.98. The van der Waals surface area contributed by atoms with Gasteiger partial charge in [0.05, 0.1) is 23.5 Å². The Bertz CT molecular complexity index is 1460. The molecule has 0 spiro atoms. The summed E-state index contributed by atoms with van der Waals surface area (Å²) in [5, 5.41) is 1.90. The van der Waals surface area contributed by atoms with Gasteiger partial charge in [-0.2, -0.15) is 0 Å². The van der Waals surface area contributed by atoms with Gasteiger partial charge in [-0.15, -0.1) is 0 Å². The number of para-hydroxylation sites is 2. The molecule has 0 radical (unpaired) electrons. The average Bonchev–Trinajstić information content (AvgIpc) is 3.26. The molecule has 184 valence electrons. The molecular weight excluding hydrogens is 476 g/mol. The smallest absolute Gasteiger partial charge is 0.247 e. The van der Waals surface area contributed by atoms with Crippen molar-refractivity contribution in [2.75, 3.05) is 5.32 Å². The molecule has 5 rings (SSSR count). The Morgan fingerprint density at radius 3 is 2.31 bits per heavy atom. The van der Waals surface area contributed by atoms with Crippen LogP contribution in [0, 0.1) is 23.3 Å². The average molecular weight is 496 g/mol. The lowest BCUT2D eigenvalue weighted by atomic mass is 10.0. The zero-order valence-electron chi connectivity index (χ0n) is 19.0. The number of hydrogen-bond acceptors (Lipinski definition) is 3. The van der Waals surface area contributed by atoms with Crippen molar-refractivity contribution in [3.05, 3.63) is 95.3 Å². The summed E-state index contributed by atoms with van der Waals surface area (Å²) in [4.78, 5) is 32.8. The van der Waals surface area contributed by atoms with E-state index in [1.807, 2.05) is 42.6 Å². The first-order valence-corrected chi connectivity index (χ1v) is 11.2. The zero-order chi connectivity index (χ0) is 25.6. The Labute approximate surface area is 203 Å². The largest absolute Gasteiger partial charge is 0.327 e. The van der Waals surface area contributed by atoms with Gasteiger partial charge in [0.2, 0.25) is 11.8 Å². The molecule has 0 unspecified atom stereocenters. The number of halogens is 4. The first-order valence-electron chi connectivity index (χ1n) is 11.2. The number of carbonyl (C=O) groups excluding carboxylic acids is 2. The molecule has 0 bridgehead atoms. The molecule has 0 saturated carbocycles. The minimum absolute atomic E-state index is 0.0533. The lowest BCUT2D eigenvalue weighted by molar-refractivity contribution is -0.142. The molecule has 10 heteroatoms. The fraction of sp³-hybridized carbons (Fsp3) is 0.192. The van der Waals surface area contributed by atoms with E-state index in [-0.39, 0.29) is 12.6 Å². The summed E-state index contributed by atoms with van der Waals surface area (Å²) in [7, 11) is 0. The molecule has 0 saturated heterocycles. The van der Waals surface area contributed by atoms with E-state index >= 15 is 0 Å². The van der Waals surface area contributed by atoms with Crippen molar-refractivity contribution in [3.63, 3.8) is 0 Å². The number of imidazole rings is 1. The van der Waals surface area contributed by atoms with E-state index in [1.54, 1.807) is 33.7 Å². The van der Waals surface area contributed by atoms with E-state index in [9.17, 15) is 27.2 Å². The molecule has 2 amide bonds. The van der Waals surface area contributed by atoms with Gasteiger partial charge in [-0.3, -0.25) is 9.59 Å². The number of carbonyl (C=O) groups is 2. The van der Waals surface area contributed by atoms with Crippen molar-refractivity contribution >= 4 is 28.5 Å². The van der Waals surface area contributed by atoms with Crippen LogP contribution in [0.15, 0.2) is 60.7 Å². The van der Waals surface area contributed by atoms with E-state index in [4.69, 9.17) is 0 Å². The fourth-order valence-corrected chi connectivity index (χ4v) is 4.54. The van der Waals surface area contributed by atoms with E-state index in [2.05, 4.69) is 4.98 Å². The van der Waals surface area contributed by atoms with Crippen molar-refractivity contribution in [1.82, 2.24) is 14.5 Å². The maximum Gasteiger partial charge on any atom is 0.247 e. The van der Waals surface area contributed by atoms with Crippen LogP contribution in [0.1, 0.15) is 36.8 Å².